The Morgan fingerprint density at radius 3 is 2.38 bits per heavy atom. The van der Waals surface area contributed by atoms with Gasteiger partial charge in [0.2, 0.25) is 5.91 Å². The highest BCUT2D eigenvalue weighted by molar-refractivity contribution is 7.99. The summed E-state index contributed by atoms with van der Waals surface area (Å²) in [4.78, 5) is 28.7. The molecule has 0 saturated carbocycles. The zero-order chi connectivity index (χ0) is 17.5. The van der Waals surface area contributed by atoms with E-state index in [0.29, 0.717) is 39.2 Å². The summed E-state index contributed by atoms with van der Waals surface area (Å²) >= 11 is 1.72. The first-order valence-corrected chi connectivity index (χ1v) is 9.39. The smallest absolute Gasteiger partial charge is 0.409 e. The van der Waals surface area contributed by atoms with Gasteiger partial charge in [-0.1, -0.05) is 6.07 Å². The van der Waals surface area contributed by atoms with Gasteiger partial charge in [0.25, 0.3) is 0 Å². The Bertz CT molecular complexity index is 584. The number of rotatable bonds is 5. The van der Waals surface area contributed by atoms with Crippen molar-refractivity contribution in [2.24, 2.45) is 0 Å². The maximum Gasteiger partial charge on any atom is 0.409 e. The lowest BCUT2D eigenvalue weighted by Crippen LogP contribution is -2.50. The summed E-state index contributed by atoms with van der Waals surface area (Å²) in [5.74, 6) is 0.939. The zero-order valence-electron chi connectivity index (χ0n) is 14.7. The molecule has 0 bridgehead atoms. The molecule has 0 spiro atoms. The van der Waals surface area contributed by atoms with Crippen LogP contribution < -0.4 is 0 Å². The van der Waals surface area contributed by atoms with Gasteiger partial charge in [-0.15, -0.1) is 11.8 Å². The van der Waals surface area contributed by atoms with E-state index in [4.69, 9.17) is 4.74 Å². The normalized spacial score (nSPS) is 14.6. The minimum atomic E-state index is -0.283. The largest absolute Gasteiger partial charge is 0.450 e. The number of hydrogen-bond acceptors (Lipinski definition) is 4. The lowest BCUT2D eigenvalue weighted by molar-refractivity contribution is -0.132. The number of thioether (sulfide) groups is 1. The van der Waals surface area contributed by atoms with Crippen molar-refractivity contribution in [1.29, 1.82) is 0 Å². The molecule has 132 valence electrons. The van der Waals surface area contributed by atoms with Crippen LogP contribution in [0.2, 0.25) is 0 Å². The lowest BCUT2D eigenvalue weighted by atomic mass is 10.1. The second kappa shape index (κ2) is 8.97. The van der Waals surface area contributed by atoms with E-state index in [-0.39, 0.29) is 12.0 Å². The van der Waals surface area contributed by atoms with Crippen LogP contribution in [-0.4, -0.2) is 60.3 Å². The number of carbonyl (C=O) groups is 2. The Morgan fingerprint density at radius 2 is 1.75 bits per heavy atom. The molecule has 2 amide bonds. The van der Waals surface area contributed by atoms with Gasteiger partial charge in [0.15, 0.2) is 0 Å². The van der Waals surface area contributed by atoms with E-state index in [0.717, 1.165) is 5.75 Å². The van der Waals surface area contributed by atoms with Gasteiger partial charge in [-0.25, -0.2) is 4.79 Å². The van der Waals surface area contributed by atoms with Gasteiger partial charge >= 0.3 is 6.09 Å². The molecular weight excluding hydrogens is 324 g/mol. The molecule has 0 aliphatic carbocycles. The molecule has 24 heavy (non-hydrogen) atoms. The fourth-order valence-corrected chi connectivity index (χ4v) is 3.51. The molecule has 0 N–H and O–H groups in total. The van der Waals surface area contributed by atoms with E-state index in [1.165, 1.54) is 16.0 Å². The molecule has 1 aromatic rings. The number of aryl methyl sites for hydroxylation is 2. The Balaban J connectivity index is 1.72. The molecule has 1 fully saturated rings. The Hall–Kier alpha value is -1.69. The van der Waals surface area contributed by atoms with Crippen LogP contribution in [0, 0.1) is 13.8 Å². The van der Waals surface area contributed by atoms with Gasteiger partial charge in [-0.05, 0) is 44.0 Å². The molecule has 0 atom stereocenters. The Morgan fingerprint density at radius 1 is 1.08 bits per heavy atom. The van der Waals surface area contributed by atoms with E-state index in [1.807, 2.05) is 4.90 Å². The van der Waals surface area contributed by atoms with Gasteiger partial charge in [-0.3, -0.25) is 4.79 Å². The number of ether oxygens (including phenoxy) is 1. The number of hydrogen-bond donors (Lipinski definition) is 0. The van der Waals surface area contributed by atoms with Gasteiger partial charge in [0.05, 0.1) is 6.61 Å². The highest BCUT2D eigenvalue weighted by Gasteiger charge is 2.24. The molecular formula is C18H26N2O3S. The monoisotopic (exact) mass is 350 g/mol. The molecule has 1 heterocycles. The van der Waals surface area contributed by atoms with Crippen molar-refractivity contribution in [2.45, 2.75) is 32.1 Å². The topological polar surface area (TPSA) is 49.9 Å². The number of piperazine rings is 1. The quantitative estimate of drug-likeness (QED) is 0.766. The highest BCUT2D eigenvalue weighted by Crippen LogP contribution is 2.22. The molecule has 6 heteroatoms. The predicted molar refractivity (Wildman–Crippen MR) is 96.4 cm³/mol. The van der Waals surface area contributed by atoms with Crippen LogP contribution in [0.15, 0.2) is 23.1 Å². The van der Waals surface area contributed by atoms with Crippen LogP contribution in [0.25, 0.3) is 0 Å². The summed E-state index contributed by atoms with van der Waals surface area (Å²) in [5.41, 5.74) is 2.57. The Labute approximate surface area is 148 Å². The number of nitrogens with zero attached hydrogens (tertiary/aromatic N) is 2. The highest BCUT2D eigenvalue weighted by atomic mass is 32.2. The average molecular weight is 350 g/mol. The summed E-state index contributed by atoms with van der Waals surface area (Å²) in [7, 11) is 0. The van der Waals surface area contributed by atoms with Crippen molar-refractivity contribution >= 4 is 23.8 Å². The van der Waals surface area contributed by atoms with Crippen molar-refractivity contribution in [1.82, 2.24) is 9.80 Å². The summed E-state index contributed by atoms with van der Waals surface area (Å²) in [5, 5.41) is 0. The Kier molecular flexibility index (Phi) is 6.97. The molecule has 1 aliphatic rings. The second-order valence-corrected chi connectivity index (χ2v) is 7.08. The van der Waals surface area contributed by atoms with E-state index in [9.17, 15) is 9.59 Å². The predicted octanol–water partition coefficient (Wildman–Crippen LogP) is 3.09. The minimum Gasteiger partial charge on any atom is -0.450 e. The van der Waals surface area contributed by atoms with E-state index in [1.54, 1.807) is 23.6 Å². The van der Waals surface area contributed by atoms with E-state index < -0.39 is 0 Å². The molecule has 1 saturated heterocycles. The minimum absolute atomic E-state index is 0.162. The van der Waals surface area contributed by atoms with Crippen molar-refractivity contribution < 1.29 is 14.3 Å². The molecule has 5 nitrogen and oxygen atoms in total. The summed E-state index contributed by atoms with van der Waals surface area (Å²) in [6.45, 7) is 8.66. The molecule has 1 aliphatic heterocycles. The maximum atomic E-state index is 12.3. The van der Waals surface area contributed by atoms with Crippen LogP contribution >= 0.6 is 11.8 Å². The van der Waals surface area contributed by atoms with Gasteiger partial charge in [0.1, 0.15) is 0 Å². The number of carbonyl (C=O) groups excluding carboxylic acids is 2. The summed E-state index contributed by atoms with van der Waals surface area (Å²) in [6.07, 6.45) is 0.242. The molecule has 0 aromatic heterocycles. The van der Waals surface area contributed by atoms with Gasteiger partial charge in [0, 0.05) is 43.2 Å². The van der Waals surface area contributed by atoms with Crippen molar-refractivity contribution in [3.8, 4) is 0 Å². The summed E-state index contributed by atoms with van der Waals surface area (Å²) < 4.78 is 4.99. The molecule has 0 radical (unpaired) electrons. The van der Waals surface area contributed by atoms with Crippen LogP contribution in [0.1, 0.15) is 24.5 Å². The van der Waals surface area contributed by atoms with E-state index in [2.05, 4.69) is 32.0 Å². The first-order chi connectivity index (χ1) is 11.5. The van der Waals surface area contributed by atoms with Gasteiger partial charge < -0.3 is 14.5 Å². The summed E-state index contributed by atoms with van der Waals surface area (Å²) in [6, 6.07) is 6.40. The zero-order valence-corrected chi connectivity index (χ0v) is 15.5. The van der Waals surface area contributed by atoms with Crippen LogP contribution in [0.4, 0.5) is 4.79 Å². The third kappa shape index (κ3) is 5.16. The second-order valence-electron chi connectivity index (χ2n) is 5.91. The standard InChI is InChI=1S/C18H26N2O3S/c1-4-23-18(22)20-10-8-19(9-11-20)17(21)7-12-24-16-6-5-14(2)15(3)13-16/h5-6,13H,4,7-12H2,1-3H3. The van der Waals surface area contributed by atoms with Crippen LogP contribution in [0.5, 0.6) is 0 Å². The average Bonchev–Trinajstić information content (AvgIpc) is 2.58. The molecule has 0 unspecified atom stereocenters. The lowest BCUT2D eigenvalue weighted by Gasteiger charge is -2.34. The number of benzene rings is 1. The van der Waals surface area contributed by atoms with Crippen LogP contribution in [0.3, 0.4) is 0 Å². The van der Waals surface area contributed by atoms with Crippen molar-refractivity contribution in [3.63, 3.8) is 0 Å². The van der Waals surface area contributed by atoms with E-state index >= 15 is 0 Å². The first-order valence-electron chi connectivity index (χ1n) is 8.40. The molecule has 2 rings (SSSR count). The third-order valence-electron chi connectivity index (χ3n) is 4.22. The fourth-order valence-electron chi connectivity index (χ4n) is 2.57. The van der Waals surface area contributed by atoms with Gasteiger partial charge in [-0.2, -0.15) is 0 Å². The third-order valence-corrected chi connectivity index (χ3v) is 5.22. The van der Waals surface area contributed by atoms with Crippen LogP contribution in [-0.2, 0) is 9.53 Å². The number of amides is 2. The van der Waals surface area contributed by atoms with Crippen molar-refractivity contribution in [2.75, 3.05) is 38.5 Å². The van der Waals surface area contributed by atoms with Crippen molar-refractivity contribution in [3.05, 3.63) is 29.3 Å². The first kappa shape index (κ1) is 18.6. The molecule has 1 aromatic carbocycles. The fraction of sp³-hybridized carbons (Fsp3) is 0.556. The maximum absolute atomic E-state index is 12.3. The SMILES string of the molecule is CCOC(=O)N1CCN(C(=O)CCSc2ccc(C)c(C)c2)CC1.